The van der Waals surface area contributed by atoms with Crippen molar-refractivity contribution in [2.24, 2.45) is 5.10 Å². The second kappa shape index (κ2) is 4.59. The van der Waals surface area contributed by atoms with E-state index in [1.54, 1.807) is 0 Å². The minimum absolute atomic E-state index is 0.772. The summed E-state index contributed by atoms with van der Waals surface area (Å²) in [5.74, 6) is 0. The zero-order valence-corrected chi connectivity index (χ0v) is 9.60. The fourth-order valence-corrected chi connectivity index (χ4v) is 1.97. The van der Waals surface area contributed by atoms with Crippen LogP contribution in [0.1, 0.15) is 5.56 Å². The van der Waals surface area contributed by atoms with E-state index < -0.39 is 0 Å². The average molecular weight is 229 g/mol. The van der Waals surface area contributed by atoms with E-state index in [2.05, 4.69) is 34.4 Å². The summed E-state index contributed by atoms with van der Waals surface area (Å²) in [4.78, 5) is 3.18. The number of nitrogens with zero attached hydrogens (tertiary/aromatic N) is 2. The van der Waals surface area contributed by atoms with Gasteiger partial charge in [0.25, 0.3) is 0 Å². The van der Waals surface area contributed by atoms with Gasteiger partial charge in [-0.15, -0.1) is 0 Å². The van der Waals surface area contributed by atoms with Gasteiger partial charge in [0.2, 0.25) is 0 Å². The molecule has 0 bridgehead atoms. The van der Waals surface area contributed by atoms with Gasteiger partial charge in [0.05, 0.1) is 32.5 Å². The minimum atomic E-state index is 0.772. The van der Waals surface area contributed by atoms with E-state index in [0.717, 1.165) is 37.4 Å². The van der Waals surface area contributed by atoms with Gasteiger partial charge >= 0.3 is 0 Å². The zero-order valence-electron chi connectivity index (χ0n) is 9.60. The summed E-state index contributed by atoms with van der Waals surface area (Å²) in [5.41, 5.74) is 2.29. The number of hydrogen-bond donors (Lipinski definition) is 1. The van der Waals surface area contributed by atoms with Crippen LogP contribution in [0.15, 0.2) is 35.6 Å². The van der Waals surface area contributed by atoms with Crippen LogP contribution in [-0.2, 0) is 4.74 Å². The maximum absolute atomic E-state index is 5.28. The third-order valence-electron chi connectivity index (χ3n) is 2.93. The predicted octanol–water partition coefficient (Wildman–Crippen LogP) is 1.83. The lowest BCUT2D eigenvalue weighted by Gasteiger charge is -2.23. The SMILES string of the molecule is C(=NN1CCOCC1)c1ccc2[nH]ccc2c1. The van der Waals surface area contributed by atoms with Crippen molar-refractivity contribution in [2.75, 3.05) is 26.3 Å². The maximum Gasteiger partial charge on any atom is 0.0659 e. The number of morpholine rings is 1. The van der Waals surface area contributed by atoms with Crippen molar-refractivity contribution in [1.29, 1.82) is 0 Å². The molecule has 1 N–H and O–H groups in total. The Hall–Kier alpha value is -1.81. The molecule has 1 fully saturated rings. The number of ether oxygens (including phenoxy) is 1. The van der Waals surface area contributed by atoms with Crippen LogP contribution in [0.4, 0.5) is 0 Å². The second-order valence-corrected chi connectivity index (χ2v) is 4.13. The van der Waals surface area contributed by atoms with E-state index in [1.165, 1.54) is 5.39 Å². The van der Waals surface area contributed by atoms with Gasteiger partial charge in [-0.25, -0.2) is 0 Å². The third kappa shape index (κ3) is 2.31. The van der Waals surface area contributed by atoms with Gasteiger partial charge in [-0.2, -0.15) is 5.10 Å². The highest BCUT2D eigenvalue weighted by Crippen LogP contribution is 2.13. The van der Waals surface area contributed by atoms with Crippen LogP contribution in [0.3, 0.4) is 0 Å². The molecule has 1 aliphatic heterocycles. The summed E-state index contributed by atoms with van der Waals surface area (Å²) >= 11 is 0. The van der Waals surface area contributed by atoms with Crippen molar-refractivity contribution in [1.82, 2.24) is 9.99 Å². The molecule has 0 spiro atoms. The van der Waals surface area contributed by atoms with E-state index in [-0.39, 0.29) is 0 Å². The molecule has 0 unspecified atom stereocenters. The van der Waals surface area contributed by atoms with Crippen LogP contribution in [0.5, 0.6) is 0 Å². The fourth-order valence-electron chi connectivity index (χ4n) is 1.97. The van der Waals surface area contributed by atoms with Crippen LogP contribution < -0.4 is 0 Å². The molecule has 1 saturated heterocycles. The van der Waals surface area contributed by atoms with Crippen LogP contribution >= 0.6 is 0 Å². The Morgan fingerprint density at radius 3 is 3.00 bits per heavy atom. The molecule has 0 radical (unpaired) electrons. The minimum Gasteiger partial charge on any atom is -0.378 e. The highest BCUT2D eigenvalue weighted by atomic mass is 16.5. The van der Waals surface area contributed by atoms with E-state index >= 15 is 0 Å². The summed E-state index contributed by atoms with van der Waals surface area (Å²) in [7, 11) is 0. The Morgan fingerprint density at radius 2 is 2.12 bits per heavy atom. The van der Waals surface area contributed by atoms with Gasteiger partial charge in [-0.1, -0.05) is 6.07 Å². The van der Waals surface area contributed by atoms with Crippen molar-refractivity contribution in [3.05, 3.63) is 36.0 Å². The zero-order chi connectivity index (χ0) is 11.5. The van der Waals surface area contributed by atoms with Crippen LogP contribution in [0.25, 0.3) is 10.9 Å². The molecule has 17 heavy (non-hydrogen) atoms. The molecular formula is C13H15N3O. The molecule has 0 amide bonds. The van der Waals surface area contributed by atoms with Crippen molar-refractivity contribution >= 4 is 17.1 Å². The van der Waals surface area contributed by atoms with Crippen LogP contribution in [0, 0.1) is 0 Å². The molecule has 0 saturated carbocycles. The van der Waals surface area contributed by atoms with Crippen molar-refractivity contribution in [2.45, 2.75) is 0 Å². The van der Waals surface area contributed by atoms with E-state index in [0.29, 0.717) is 0 Å². The number of rotatable bonds is 2. The van der Waals surface area contributed by atoms with Gasteiger partial charge in [-0.05, 0) is 29.1 Å². The molecule has 0 aliphatic carbocycles. The van der Waals surface area contributed by atoms with E-state index in [4.69, 9.17) is 4.74 Å². The largest absolute Gasteiger partial charge is 0.378 e. The number of hydrazone groups is 1. The molecule has 1 aromatic heterocycles. The molecule has 2 aromatic rings. The third-order valence-corrected chi connectivity index (χ3v) is 2.93. The molecule has 2 heterocycles. The van der Waals surface area contributed by atoms with Crippen LogP contribution in [0.2, 0.25) is 0 Å². The number of aromatic nitrogens is 1. The lowest BCUT2D eigenvalue weighted by atomic mass is 10.2. The van der Waals surface area contributed by atoms with Gasteiger partial charge in [-0.3, -0.25) is 5.01 Å². The maximum atomic E-state index is 5.28. The van der Waals surface area contributed by atoms with Gasteiger partial charge in [0.1, 0.15) is 0 Å². The standard InChI is InChI=1S/C13H15N3O/c1-2-13-12(3-4-14-13)9-11(1)10-15-16-5-7-17-8-6-16/h1-4,9-10,14H,5-8H2. The lowest BCUT2D eigenvalue weighted by Crippen LogP contribution is -2.32. The molecule has 3 rings (SSSR count). The predicted molar refractivity (Wildman–Crippen MR) is 68.3 cm³/mol. The van der Waals surface area contributed by atoms with Crippen molar-refractivity contribution in [3.8, 4) is 0 Å². The average Bonchev–Trinajstić information content (AvgIpc) is 2.85. The van der Waals surface area contributed by atoms with Gasteiger partial charge in [0, 0.05) is 11.7 Å². The Labute approximate surface area is 99.9 Å². The summed E-state index contributed by atoms with van der Waals surface area (Å²) in [6.07, 6.45) is 3.87. The normalized spacial score (nSPS) is 17.1. The number of benzene rings is 1. The molecule has 4 heteroatoms. The number of hydrogen-bond acceptors (Lipinski definition) is 3. The van der Waals surface area contributed by atoms with Gasteiger partial charge in [0.15, 0.2) is 0 Å². The first-order valence-corrected chi connectivity index (χ1v) is 5.86. The first-order chi connectivity index (χ1) is 8.42. The van der Waals surface area contributed by atoms with E-state index in [1.807, 2.05) is 17.4 Å². The smallest absolute Gasteiger partial charge is 0.0659 e. The summed E-state index contributed by atoms with van der Waals surface area (Å²) in [6.45, 7) is 3.30. The fraction of sp³-hybridized carbons (Fsp3) is 0.308. The number of nitrogens with one attached hydrogen (secondary N) is 1. The quantitative estimate of drug-likeness (QED) is 0.798. The van der Waals surface area contributed by atoms with Crippen LogP contribution in [-0.4, -0.2) is 42.5 Å². The molecule has 88 valence electrons. The van der Waals surface area contributed by atoms with Crippen molar-refractivity contribution in [3.63, 3.8) is 0 Å². The summed E-state index contributed by atoms with van der Waals surface area (Å²) < 4.78 is 5.28. The van der Waals surface area contributed by atoms with Gasteiger partial charge < -0.3 is 9.72 Å². The molecular weight excluding hydrogens is 214 g/mol. The monoisotopic (exact) mass is 229 g/mol. The Morgan fingerprint density at radius 1 is 1.24 bits per heavy atom. The Kier molecular flexibility index (Phi) is 2.80. The first-order valence-electron chi connectivity index (χ1n) is 5.86. The lowest BCUT2D eigenvalue weighted by molar-refractivity contribution is 0.0397. The second-order valence-electron chi connectivity index (χ2n) is 4.13. The molecule has 4 nitrogen and oxygen atoms in total. The number of H-pyrrole nitrogens is 1. The Bertz CT molecular complexity index is 526. The summed E-state index contributed by atoms with van der Waals surface area (Å²) in [6, 6.07) is 8.36. The van der Waals surface area contributed by atoms with E-state index in [9.17, 15) is 0 Å². The topological polar surface area (TPSA) is 40.6 Å². The summed E-state index contributed by atoms with van der Waals surface area (Å²) in [5, 5.41) is 7.73. The molecule has 1 aliphatic rings. The highest BCUT2D eigenvalue weighted by Gasteiger charge is 2.06. The molecule has 1 aromatic carbocycles. The number of aromatic amines is 1. The highest BCUT2D eigenvalue weighted by molar-refractivity contribution is 5.88. The Balaban J connectivity index is 1.76. The van der Waals surface area contributed by atoms with Crippen molar-refractivity contribution < 1.29 is 4.74 Å². The molecule has 0 atom stereocenters. The number of fused-ring (bicyclic) bond motifs is 1. The first kappa shape index (κ1) is 10.4.